The second kappa shape index (κ2) is 7.42. The van der Waals surface area contributed by atoms with Gasteiger partial charge in [-0.3, -0.25) is 0 Å². The van der Waals surface area contributed by atoms with Crippen molar-refractivity contribution >= 4 is 23.4 Å². The average Bonchev–Trinajstić information content (AvgIpc) is 2.88. The maximum atomic E-state index is 11.6. The molecule has 0 N–H and O–H groups in total. The Labute approximate surface area is 140 Å². The van der Waals surface area contributed by atoms with E-state index < -0.39 is 5.60 Å². The number of ether oxygens (including phenoxy) is 2. The predicted molar refractivity (Wildman–Crippen MR) is 92.5 cm³/mol. The zero-order chi connectivity index (χ0) is 16.9. The van der Waals surface area contributed by atoms with Gasteiger partial charge in [0.05, 0.1) is 10.7 Å². The van der Waals surface area contributed by atoms with Crippen molar-refractivity contribution < 1.29 is 14.3 Å². The zero-order valence-electron chi connectivity index (χ0n) is 13.8. The predicted octanol–water partition coefficient (Wildman–Crippen LogP) is 4.39. The van der Waals surface area contributed by atoms with Crippen molar-refractivity contribution in [2.75, 3.05) is 0 Å². The molecule has 0 radical (unpaired) electrons. The van der Waals surface area contributed by atoms with E-state index in [0.717, 1.165) is 22.0 Å². The first-order chi connectivity index (χ1) is 10.8. The minimum atomic E-state index is -0.479. The summed E-state index contributed by atoms with van der Waals surface area (Å²) in [6, 6.07) is 7.52. The fourth-order valence-electron chi connectivity index (χ4n) is 1.81. The monoisotopic (exact) mass is 331 g/mol. The number of esters is 1. The fraction of sp³-hybridized carbons (Fsp3) is 0.333. The molecule has 2 aromatic rings. The first-order valence-corrected chi connectivity index (χ1v) is 8.25. The smallest absolute Gasteiger partial charge is 0.331 e. The van der Waals surface area contributed by atoms with Gasteiger partial charge < -0.3 is 9.47 Å². The van der Waals surface area contributed by atoms with Crippen LogP contribution in [0.25, 0.3) is 6.08 Å². The van der Waals surface area contributed by atoms with Gasteiger partial charge in [-0.2, -0.15) is 0 Å². The van der Waals surface area contributed by atoms with Gasteiger partial charge >= 0.3 is 5.97 Å². The number of hydrogen-bond donors (Lipinski definition) is 0. The summed E-state index contributed by atoms with van der Waals surface area (Å²) in [5.74, 6) is 0.418. The minimum absolute atomic E-state index is 0.350. The quantitative estimate of drug-likeness (QED) is 0.602. The number of nitrogens with zero attached hydrogens (tertiary/aromatic N) is 1. The van der Waals surface area contributed by atoms with Gasteiger partial charge in [-0.25, -0.2) is 9.78 Å². The van der Waals surface area contributed by atoms with Crippen LogP contribution in [0.3, 0.4) is 0 Å². The van der Waals surface area contributed by atoms with Crippen molar-refractivity contribution in [3.63, 3.8) is 0 Å². The highest BCUT2D eigenvalue weighted by molar-refractivity contribution is 7.09. The van der Waals surface area contributed by atoms with E-state index in [-0.39, 0.29) is 5.97 Å². The summed E-state index contributed by atoms with van der Waals surface area (Å²) in [5.41, 5.74) is 1.36. The molecule has 122 valence electrons. The molecule has 0 bridgehead atoms. The molecule has 0 saturated carbocycles. The topological polar surface area (TPSA) is 48.4 Å². The van der Waals surface area contributed by atoms with Crippen LogP contribution < -0.4 is 4.74 Å². The number of thiazole rings is 1. The number of carbonyl (C=O) groups is 1. The molecular formula is C18H21NO3S. The number of benzene rings is 1. The van der Waals surface area contributed by atoms with Crippen molar-refractivity contribution in [3.8, 4) is 5.75 Å². The average molecular weight is 331 g/mol. The molecule has 0 atom stereocenters. The summed E-state index contributed by atoms with van der Waals surface area (Å²) < 4.78 is 10.9. The number of aromatic nitrogens is 1. The van der Waals surface area contributed by atoms with Gasteiger partial charge in [0, 0.05) is 11.5 Å². The largest absolute Gasteiger partial charge is 0.487 e. The van der Waals surface area contributed by atoms with Crippen LogP contribution in [0.5, 0.6) is 5.75 Å². The van der Waals surface area contributed by atoms with Crippen molar-refractivity contribution in [2.24, 2.45) is 0 Å². The van der Waals surface area contributed by atoms with Gasteiger partial charge in [0.2, 0.25) is 0 Å². The Morgan fingerprint density at radius 3 is 2.52 bits per heavy atom. The fourth-order valence-corrected chi connectivity index (χ4v) is 2.40. The third-order valence-electron chi connectivity index (χ3n) is 2.75. The normalized spacial score (nSPS) is 11.7. The Morgan fingerprint density at radius 2 is 1.96 bits per heavy atom. The van der Waals surface area contributed by atoms with Gasteiger partial charge in [-0.05, 0) is 51.5 Å². The lowest BCUT2D eigenvalue weighted by Gasteiger charge is -2.17. The van der Waals surface area contributed by atoms with E-state index in [2.05, 4.69) is 4.98 Å². The number of rotatable bonds is 5. The minimum Gasteiger partial charge on any atom is -0.487 e. The lowest BCUT2D eigenvalue weighted by molar-refractivity contribution is -0.148. The number of carbonyl (C=O) groups excluding carboxylic acids is 1. The Kier molecular flexibility index (Phi) is 5.55. The molecule has 0 aliphatic heterocycles. The Hall–Kier alpha value is -2.14. The second-order valence-corrected chi connectivity index (χ2v) is 7.14. The molecule has 4 nitrogen and oxygen atoms in total. The van der Waals surface area contributed by atoms with Crippen LogP contribution in [0, 0.1) is 6.92 Å². The highest BCUT2D eigenvalue weighted by Gasteiger charge is 2.13. The number of hydrogen-bond acceptors (Lipinski definition) is 5. The third-order valence-corrected chi connectivity index (χ3v) is 3.57. The van der Waals surface area contributed by atoms with Crippen LogP contribution in [0.2, 0.25) is 0 Å². The van der Waals surface area contributed by atoms with Crippen molar-refractivity contribution in [2.45, 2.75) is 39.9 Å². The molecule has 5 heteroatoms. The first-order valence-electron chi connectivity index (χ1n) is 7.37. The van der Waals surface area contributed by atoms with Crippen LogP contribution >= 0.6 is 11.3 Å². The summed E-state index contributed by atoms with van der Waals surface area (Å²) in [4.78, 5) is 16.0. The Morgan fingerprint density at radius 1 is 1.26 bits per heavy atom. The molecule has 0 amide bonds. The highest BCUT2D eigenvalue weighted by Crippen LogP contribution is 2.16. The van der Waals surface area contributed by atoms with Crippen LogP contribution in [0.4, 0.5) is 0 Å². The van der Waals surface area contributed by atoms with Gasteiger partial charge in [-0.1, -0.05) is 12.1 Å². The molecule has 0 aliphatic rings. The van der Waals surface area contributed by atoms with Gasteiger partial charge in [0.1, 0.15) is 18.0 Å². The Balaban J connectivity index is 1.88. The molecule has 0 aliphatic carbocycles. The molecule has 0 saturated heterocycles. The van der Waals surface area contributed by atoms with Crippen molar-refractivity contribution in [1.29, 1.82) is 0 Å². The molecule has 1 heterocycles. The van der Waals surface area contributed by atoms with Crippen molar-refractivity contribution in [1.82, 2.24) is 4.98 Å². The molecular weight excluding hydrogens is 310 g/mol. The molecule has 2 rings (SSSR count). The SMILES string of the molecule is Cc1nc(COc2ccc(/C=C/C(=O)OC(C)(C)C)cc2)cs1. The summed E-state index contributed by atoms with van der Waals surface area (Å²) in [6.45, 7) is 7.95. The standard InChI is InChI=1S/C18H21NO3S/c1-13-19-15(12-23-13)11-21-16-8-5-14(6-9-16)7-10-17(20)22-18(2,3)4/h5-10,12H,11H2,1-4H3/b10-7+. The lowest BCUT2D eigenvalue weighted by atomic mass is 10.2. The summed E-state index contributed by atoms with van der Waals surface area (Å²) in [5, 5.41) is 3.03. The Bertz CT molecular complexity index is 681. The van der Waals surface area contributed by atoms with E-state index in [1.807, 2.05) is 57.3 Å². The molecule has 0 spiro atoms. The van der Waals surface area contributed by atoms with E-state index >= 15 is 0 Å². The highest BCUT2D eigenvalue weighted by atomic mass is 32.1. The van der Waals surface area contributed by atoms with Crippen LogP contribution in [0.1, 0.15) is 37.0 Å². The van der Waals surface area contributed by atoms with Gasteiger partial charge in [0.25, 0.3) is 0 Å². The lowest BCUT2D eigenvalue weighted by Crippen LogP contribution is -2.22. The first kappa shape index (κ1) is 17.2. The van der Waals surface area contributed by atoms with E-state index in [4.69, 9.17) is 9.47 Å². The van der Waals surface area contributed by atoms with Crippen LogP contribution in [-0.2, 0) is 16.1 Å². The molecule has 23 heavy (non-hydrogen) atoms. The van der Waals surface area contributed by atoms with Crippen LogP contribution in [-0.4, -0.2) is 16.6 Å². The molecule has 0 fully saturated rings. The van der Waals surface area contributed by atoms with Crippen molar-refractivity contribution in [3.05, 3.63) is 52.0 Å². The number of aryl methyl sites for hydroxylation is 1. The van der Waals surface area contributed by atoms with E-state index in [0.29, 0.717) is 6.61 Å². The van der Waals surface area contributed by atoms with Gasteiger partial charge in [-0.15, -0.1) is 11.3 Å². The zero-order valence-corrected chi connectivity index (χ0v) is 14.6. The maximum Gasteiger partial charge on any atom is 0.331 e. The van der Waals surface area contributed by atoms with E-state index in [9.17, 15) is 4.79 Å². The molecule has 1 aromatic carbocycles. The van der Waals surface area contributed by atoms with Gasteiger partial charge in [0.15, 0.2) is 0 Å². The van der Waals surface area contributed by atoms with Crippen LogP contribution in [0.15, 0.2) is 35.7 Å². The maximum absolute atomic E-state index is 11.6. The van der Waals surface area contributed by atoms with E-state index in [1.54, 1.807) is 17.4 Å². The summed E-state index contributed by atoms with van der Waals surface area (Å²) >= 11 is 1.61. The van der Waals surface area contributed by atoms with E-state index in [1.165, 1.54) is 6.08 Å². The summed E-state index contributed by atoms with van der Waals surface area (Å²) in [7, 11) is 0. The molecule has 1 aromatic heterocycles. The second-order valence-electron chi connectivity index (χ2n) is 6.08. The summed E-state index contributed by atoms with van der Waals surface area (Å²) in [6.07, 6.45) is 3.15. The third kappa shape index (κ3) is 6.24. The molecule has 0 unspecified atom stereocenters.